The summed E-state index contributed by atoms with van der Waals surface area (Å²) in [6.45, 7) is 1.85. The first-order valence-corrected chi connectivity index (χ1v) is 9.27. The van der Waals surface area contributed by atoms with Gasteiger partial charge in [0.15, 0.2) is 0 Å². The second-order valence-electron chi connectivity index (χ2n) is 7.20. The lowest BCUT2D eigenvalue weighted by Crippen LogP contribution is -2.35. The zero-order chi connectivity index (χ0) is 20.7. The van der Waals surface area contributed by atoms with Crippen LogP contribution in [0, 0.1) is 11.2 Å². The molecule has 1 aromatic heterocycles. The lowest BCUT2D eigenvalue weighted by atomic mass is 9.81. The molecule has 2 heterocycles. The highest BCUT2D eigenvalue weighted by Gasteiger charge is 2.35. The molecule has 1 saturated heterocycles. The van der Waals surface area contributed by atoms with Crippen molar-refractivity contribution in [2.24, 2.45) is 5.41 Å². The third-order valence-electron chi connectivity index (χ3n) is 4.77. The minimum absolute atomic E-state index is 0.264. The van der Waals surface area contributed by atoms with Crippen LogP contribution in [0.2, 0.25) is 0 Å². The number of amides is 3. The van der Waals surface area contributed by atoms with E-state index in [9.17, 15) is 14.0 Å². The summed E-state index contributed by atoms with van der Waals surface area (Å²) in [7, 11) is 1.54. The number of hydrogen-bond donors (Lipinski definition) is 3. The van der Waals surface area contributed by atoms with Crippen molar-refractivity contribution in [3.8, 4) is 0 Å². The molecule has 1 aliphatic heterocycles. The van der Waals surface area contributed by atoms with Gasteiger partial charge in [-0.3, -0.25) is 14.6 Å². The van der Waals surface area contributed by atoms with Crippen LogP contribution in [0.5, 0.6) is 0 Å². The molecule has 0 aliphatic carbocycles. The summed E-state index contributed by atoms with van der Waals surface area (Å²) in [6, 6.07) is 7.39. The summed E-state index contributed by atoms with van der Waals surface area (Å²) in [5.41, 5.74) is 1.37. The van der Waals surface area contributed by atoms with Gasteiger partial charge in [-0.2, -0.15) is 0 Å². The Morgan fingerprint density at radius 3 is 2.90 bits per heavy atom. The highest BCUT2D eigenvalue weighted by atomic mass is 19.1. The van der Waals surface area contributed by atoms with Crippen LogP contribution in [0.1, 0.15) is 12.0 Å². The van der Waals surface area contributed by atoms with E-state index in [0.29, 0.717) is 37.4 Å². The second kappa shape index (κ2) is 9.44. The minimum Gasteiger partial charge on any atom is -0.316 e. The van der Waals surface area contributed by atoms with Crippen LogP contribution in [-0.2, 0) is 16.1 Å². The average Bonchev–Trinajstić information content (AvgIpc) is 3.15. The van der Waals surface area contributed by atoms with Crippen LogP contribution in [-0.4, -0.2) is 49.2 Å². The van der Waals surface area contributed by atoms with Gasteiger partial charge >= 0.3 is 6.03 Å². The van der Waals surface area contributed by atoms with Crippen LogP contribution in [0.15, 0.2) is 42.7 Å². The molecule has 9 heteroatoms. The number of anilines is 2. The van der Waals surface area contributed by atoms with E-state index in [-0.39, 0.29) is 5.41 Å². The minimum atomic E-state index is -0.484. The van der Waals surface area contributed by atoms with Crippen molar-refractivity contribution in [1.29, 1.82) is 0 Å². The van der Waals surface area contributed by atoms with Gasteiger partial charge in [-0.05, 0) is 55.3 Å². The molecule has 0 saturated carbocycles. The standard InChI is InChI=1S/C20H24FN5O3/c1-26(14-27)29-13-20(4-6-23-12-20)10-15-7-16(21)9-18(8-15)25-19(28)24-17-3-2-5-22-11-17/h2-3,5,7-9,11,14,23H,4,6,10,12-13H2,1H3,(H2,24,25,28)/t20-/m1/s1. The maximum Gasteiger partial charge on any atom is 0.323 e. The van der Waals surface area contributed by atoms with Crippen LogP contribution in [0.25, 0.3) is 0 Å². The topological polar surface area (TPSA) is 95.6 Å². The molecule has 0 spiro atoms. The van der Waals surface area contributed by atoms with Gasteiger partial charge in [0.1, 0.15) is 5.82 Å². The van der Waals surface area contributed by atoms with Crippen molar-refractivity contribution in [2.75, 3.05) is 37.4 Å². The summed E-state index contributed by atoms with van der Waals surface area (Å²) >= 11 is 0. The fourth-order valence-corrected chi connectivity index (χ4v) is 3.38. The molecular weight excluding hydrogens is 377 g/mol. The third kappa shape index (κ3) is 5.97. The number of carbonyl (C=O) groups is 2. The highest BCUT2D eigenvalue weighted by Crippen LogP contribution is 2.32. The molecule has 1 atom stereocenters. The fraction of sp³-hybridized carbons (Fsp3) is 0.350. The van der Waals surface area contributed by atoms with Crippen LogP contribution in [0.4, 0.5) is 20.6 Å². The number of aromatic nitrogens is 1. The van der Waals surface area contributed by atoms with E-state index >= 15 is 0 Å². The first-order valence-electron chi connectivity index (χ1n) is 9.27. The van der Waals surface area contributed by atoms with E-state index in [4.69, 9.17) is 4.84 Å². The molecule has 0 bridgehead atoms. The molecule has 1 fully saturated rings. The zero-order valence-electron chi connectivity index (χ0n) is 16.2. The Labute approximate surface area is 168 Å². The first kappa shape index (κ1) is 20.7. The van der Waals surface area contributed by atoms with Gasteiger partial charge in [0.25, 0.3) is 0 Å². The number of benzene rings is 1. The number of pyridine rings is 1. The number of nitrogens with one attached hydrogen (secondary N) is 3. The lowest BCUT2D eigenvalue weighted by Gasteiger charge is -2.29. The van der Waals surface area contributed by atoms with Crippen molar-refractivity contribution in [3.63, 3.8) is 0 Å². The van der Waals surface area contributed by atoms with Crippen LogP contribution < -0.4 is 16.0 Å². The van der Waals surface area contributed by atoms with Gasteiger partial charge in [0, 0.05) is 30.9 Å². The Morgan fingerprint density at radius 2 is 2.21 bits per heavy atom. The van der Waals surface area contributed by atoms with Crippen LogP contribution in [0.3, 0.4) is 0 Å². The molecule has 3 rings (SSSR count). The maximum absolute atomic E-state index is 14.2. The number of urea groups is 1. The lowest BCUT2D eigenvalue weighted by molar-refractivity contribution is -0.174. The van der Waals surface area contributed by atoms with Gasteiger partial charge in [-0.1, -0.05) is 0 Å². The molecule has 2 aromatic rings. The fourth-order valence-electron chi connectivity index (χ4n) is 3.38. The van der Waals surface area contributed by atoms with E-state index in [0.717, 1.165) is 23.6 Å². The summed E-state index contributed by atoms with van der Waals surface area (Å²) < 4.78 is 14.2. The number of hydroxylamine groups is 2. The van der Waals surface area contributed by atoms with E-state index < -0.39 is 11.8 Å². The van der Waals surface area contributed by atoms with Crippen LogP contribution >= 0.6 is 0 Å². The van der Waals surface area contributed by atoms with E-state index in [1.807, 2.05) is 0 Å². The molecule has 1 aromatic carbocycles. The Kier molecular flexibility index (Phi) is 6.73. The number of hydrogen-bond acceptors (Lipinski definition) is 5. The molecule has 3 N–H and O–H groups in total. The zero-order valence-corrected chi connectivity index (χ0v) is 16.2. The van der Waals surface area contributed by atoms with Gasteiger partial charge in [-0.25, -0.2) is 14.2 Å². The summed E-state index contributed by atoms with van der Waals surface area (Å²) in [5.74, 6) is -0.439. The van der Waals surface area contributed by atoms with E-state index in [2.05, 4.69) is 20.9 Å². The number of rotatable bonds is 8. The van der Waals surface area contributed by atoms with Gasteiger partial charge in [-0.15, -0.1) is 0 Å². The van der Waals surface area contributed by atoms with Gasteiger partial charge in [0.2, 0.25) is 6.41 Å². The Morgan fingerprint density at radius 1 is 1.38 bits per heavy atom. The highest BCUT2D eigenvalue weighted by molar-refractivity contribution is 5.99. The Hall–Kier alpha value is -3.04. The molecule has 1 aliphatic rings. The summed E-state index contributed by atoms with van der Waals surface area (Å²) in [6.07, 6.45) is 5.10. The van der Waals surface area contributed by atoms with Gasteiger partial charge in [0.05, 0.1) is 18.5 Å². The summed E-state index contributed by atoms with van der Waals surface area (Å²) in [4.78, 5) is 32.4. The normalized spacial score (nSPS) is 18.3. The average molecular weight is 401 g/mol. The number of carbonyl (C=O) groups excluding carboxylic acids is 2. The predicted octanol–water partition coefficient (Wildman–Crippen LogP) is 2.41. The van der Waals surface area contributed by atoms with Crippen molar-refractivity contribution in [1.82, 2.24) is 15.4 Å². The second-order valence-corrected chi connectivity index (χ2v) is 7.20. The molecule has 0 unspecified atom stereocenters. The molecule has 3 amide bonds. The molecule has 8 nitrogen and oxygen atoms in total. The van der Waals surface area contributed by atoms with Gasteiger partial charge < -0.3 is 16.0 Å². The van der Waals surface area contributed by atoms with Crippen molar-refractivity contribution < 1.29 is 18.8 Å². The smallest absolute Gasteiger partial charge is 0.316 e. The number of nitrogens with zero attached hydrogens (tertiary/aromatic N) is 2. The van der Waals surface area contributed by atoms with Crippen molar-refractivity contribution in [3.05, 3.63) is 54.1 Å². The quantitative estimate of drug-likeness (QED) is 0.466. The van der Waals surface area contributed by atoms with Crippen molar-refractivity contribution in [2.45, 2.75) is 12.8 Å². The van der Waals surface area contributed by atoms with Crippen molar-refractivity contribution >= 4 is 23.8 Å². The molecular formula is C20H24FN5O3. The first-order chi connectivity index (χ1) is 14.0. The van der Waals surface area contributed by atoms with E-state index in [1.54, 1.807) is 24.4 Å². The molecule has 29 heavy (non-hydrogen) atoms. The third-order valence-corrected chi connectivity index (χ3v) is 4.77. The molecule has 0 radical (unpaired) electrons. The largest absolute Gasteiger partial charge is 0.323 e. The monoisotopic (exact) mass is 401 g/mol. The number of halogens is 1. The Bertz CT molecular complexity index is 843. The predicted molar refractivity (Wildman–Crippen MR) is 107 cm³/mol. The molecule has 154 valence electrons. The maximum atomic E-state index is 14.2. The Balaban J connectivity index is 1.69. The SMILES string of the molecule is CN(C=O)OC[C@@]1(Cc2cc(F)cc(NC(=O)Nc3cccnc3)c2)CCNC1. The summed E-state index contributed by atoms with van der Waals surface area (Å²) in [5, 5.41) is 9.72. The van der Waals surface area contributed by atoms with E-state index in [1.165, 1.54) is 25.4 Å².